The number of anilines is 1. The smallest absolute Gasteiger partial charge is 0.338 e. The third kappa shape index (κ3) is 4.18. The van der Waals surface area contributed by atoms with Crippen LogP contribution in [0.25, 0.3) is 0 Å². The molecular formula is C13H13BrF3N5S. The van der Waals surface area contributed by atoms with Gasteiger partial charge in [0, 0.05) is 44.0 Å². The molecule has 10 heteroatoms. The number of hydrogen-bond donors (Lipinski definition) is 0. The van der Waals surface area contributed by atoms with Crippen molar-refractivity contribution in [1.82, 2.24) is 19.9 Å². The Hall–Kier alpha value is -1.26. The number of nitrogens with zero attached hydrogens (tertiary/aromatic N) is 5. The van der Waals surface area contributed by atoms with Crippen LogP contribution in [0.3, 0.4) is 0 Å². The van der Waals surface area contributed by atoms with Crippen molar-refractivity contribution in [3.8, 4) is 0 Å². The molecule has 0 amide bonds. The second-order valence-electron chi connectivity index (χ2n) is 5.09. The highest BCUT2D eigenvalue weighted by Gasteiger charge is 2.33. The maximum Gasteiger partial charge on any atom is 0.434 e. The van der Waals surface area contributed by atoms with Gasteiger partial charge in [-0.15, -0.1) is 11.3 Å². The van der Waals surface area contributed by atoms with E-state index >= 15 is 0 Å². The van der Waals surface area contributed by atoms with Gasteiger partial charge in [-0.25, -0.2) is 15.0 Å². The van der Waals surface area contributed by atoms with E-state index in [2.05, 4.69) is 40.7 Å². The summed E-state index contributed by atoms with van der Waals surface area (Å²) >= 11 is 4.35. The van der Waals surface area contributed by atoms with E-state index in [0.29, 0.717) is 17.5 Å². The topological polar surface area (TPSA) is 45.2 Å². The number of rotatable bonds is 3. The van der Waals surface area contributed by atoms with Gasteiger partial charge in [0.2, 0.25) is 5.95 Å². The van der Waals surface area contributed by atoms with Crippen LogP contribution < -0.4 is 4.90 Å². The van der Waals surface area contributed by atoms with Crippen molar-refractivity contribution in [2.24, 2.45) is 0 Å². The zero-order valence-electron chi connectivity index (χ0n) is 11.9. The highest BCUT2D eigenvalue weighted by atomic mass is 79.9. The Morgan fingerprint density at radius 3 is 2.35 bits per heavy atom. The predicted molar refractivity (Wildman–Crippen MR) is 84.3 cm³/mol. The molecule has 0 atom stereocenters. The first-order chi connectivity index (χ1) is 10.9. The normalized spacial score (nSPS) is 16.8. The first kappa shape index (κ1) is 16.6. The van der Waals surface area contributed by atoms with Gasteiger partial charge < -0.3 is 4.90 Å². The van der Waals surface area contributed by atoms with Crippen molar-refractivity contribution in [3.05, 3.63) is 32.9 Å². The van der Waals surface area contributed by atoms with E-state index in [4.69, 9.17) is 0 Å². The molecule has 124 valence electrons. The molecule has 1 aliphatic heterocycles. The summed E-state index contributed by atoms with van der Waals surface area (Å²) in [5.74, 6) is 0.668. The van der Waals surface area contributed by atoms with Crippen molar-refractivity contribution in [1.29, 1.82) is 0 Å². The minimum atomic E-state index is -4.37. The van der Waals surface area contributed by atoms with E-state index in [9.17, 15) is 13.2 Å². The Balaban J connectivity index is 1.55. The minimum absolute atomic E-state index is 0.440. The monoisotopic (exact) mass is 407 g/mol. The number of alkyl halides is 3. The molecule has 0 N–H and O–H groups in total. The van der Waals surface area contributed by atoms with E-state index in [1.165, 1.54) is 0 Å². The second kappa shape index (κ2) is 6.70. The van der Waals surface area contributed by atoms with Gasteiger partial charge in [0.15, 0.2) is 5.69 Å². The summed E-state index contributed by atoms with van der Waals surface area (Å²) < 4.78 is 38.5. The quantitative estimate of drug-likeness (QED) is 0.782. The van der Waals surface area contributed by atoms with Crippen LogP contribution in [0.4, 0.5) is 19.1 Å². The molecule has 1 saturated heterocycles. The average Bonchev–Trinajstić information content (AvgIpc) is 2.98. The maximum atomic E-state index is 12.6. The lowest BCUT2D eigenvalue weighted by Crippen LogP contribution is -2.46. The van der Waals surface area contributed by atoms with Gasteiger partial charge in [0.1, 0.15) is 5.01 Å². The Morgan fingerprint density at radius 1 is 1.13 bits per heavy atom. The average molecular weight is 408 g/mol. The van der Waals surface area contributed by atoms with E-state index in [0.717, 1.165) is 47.4 Å². The SMILES string of the molecule is FC(F)(F)c1csc(CN2CCN(c3ncc(Br)cn3)CC2)n1. The van der Waals surface area contributed by atoms with E-state index < -0.39 is 11.9 Å². The molecule has 23 heavy (non-hydrogen) atoms. The number of thiazole rings is 1. The minimum Gasteiger partial charge on any atom is -0.338 e. The molecule has 0 bridgehead atoms. The Kier molecular flexibility index (Phi) is 4.83. The van der Waals surface area contributed by atoms with Crippen LogP contribution in [0.15, 0.2) is 22.2 Å². The molecule has 1 fully saturated rings. The van der Waals surface area contributed by atoms with E-state index in [-0.39, 0.29) is 0 Å². The van der Waals surface area contributed by atoms with Crippen LogP contribution in [0.2, 0.25) is 0 Å². The first-order valence-electron chi connectivity index (χ1n) is 6.88. The van der Waals surface area contributed by atoms with E-state index in [1.807, 2.05) is 0 Å². The summed E-state index contributed by atoms with van der Waals surface area (Å²) in [7, 11) is 0. The molecule has 1 aliphatic rings. The summed E-state index contributed by atoms with van der Waals surface area (Å²) in [6.07, 6.45) is -0.974. The van der Waals surface area contributed by atoms with Crippen molar-refractivity contribution in [2.75, 3.05) is 31.1 Å². The Bertz CT molecular complexity index is 652. The van der Waals surface area contributed by atoms with Crippen molar-refractivity contribution in [2.45, 2.75) is 12.7 Å². The van der Waals surface area contributed by atoms with Gasteiger partial charge in [-0.1, -0.05) is 0 Å². The molecule has 0 radical (unpaired) electrons. The molecule has 2 aromatic rings. The predicted octanol–water partition coefficient (Wildman–Crippen LogP) is 3.04. The van der Waals surface area contributed by atoms with Crippen molar-refractivity contribution in [3.63, 3.8) is 0 Å². The van der Waals surface area contributed by atoms with Gasteiger partial charge in [-0.05, 0) is 15.9 Å². The first-order valence-corrected chi connectivity index (χ1v) is 8.55. The van der Waals surface area contributed by atoms with Gasteiger partial charge in [0.05, 0.1) is 11.0 Å². The van der Waals surface area contributed by atoms with Crippen LogP contribution in [-0.2, 0) is 12.7 Å². The van der Waals surface area contributed by atoms with Crippen LogP contribution in [-0.4, -0.2) is 46.0 Å². The van der Waals surface area contributed by atoms with Crippen LogP contribution in [0.5, 0.6) is 0 Å². The van der Waals surface area contributed by atoms with Gasteiger partial charge in [-0.2, -0.15) is 13.2 Å². The summed E-state index contributed by atoms with van der Waals surface area (Å²) in [6, 6.07) is 0. The van der Waals surface area contributed by atoms with Crippen LogP contribution in [0, 0.1) is 0 Å². The molecule has 3 rings (SSSR count). The second-order valence-corrected chi connectivity index (χ2v) is 6.95. The molecule has 0 aliphatic carbocycles. The molecule has 0 unspecified atom stereocenters. The van der Waals surface area contributed by atoms with Gasteiger partial charge in [0.25, 0.3) is 0 Å². The molecule has 0 aromatic carbocycles. The molecule has 0 spiro atoms. The zero-order valence-corrected chi connectivity index (χ0v) is 14.3. The molecule has 2 aromatic heterocycles. The number of aromatic nitrogens is 3. The van der Waals surface area contributed by atoms with Crippen molar-refractivity contribution >= 4 is 33.2 Å². The summed E-state index contributed by atoms with van der Waals surface area (Å²) in [6.45, 7) is 3.38. The fraction of sp³-hybridized carbons (Fsp3) is 0.462. The Labute approximate surface area is 143 Å². The lowest BCUT2D eigenvalue weighted by atomic mass is 10.3. The number of halogens is 4. The van der Waals surface area contributed by atoms with Crippen LogP contribution in [0.1, 0.15) is 10.7 Å². The van der Waals surface area contributed by atoms with Gasteiger partial charge >= 0.3 is 6.18 Å². The zero-order chi connectivity index (χ0) is 16.4. The maximum absolute atomic E-state index is 12.6. The van der Waals surface area contributed by atoms with Crippen molar-refractivity contribution < 1.29 is 13.2 Å². The van der Waals surface area contributed by atoms with Crippen LogP contribution >= 0.6 is 27.3 Å². The lowest BCUT2D eigenvalue weighted by molar-refractivity contribution is -0.140. The number of hydrogen-bond acceptors (Lipinski definition) is 6. The summed E-state index contributed by atoms with van der Waals surface area (Å²) in [4.78, 5) is 16.3. The molecule has 3 heterocycles. The summed E-state index contributed by atoms with van der Waals surface area (Å²) in [5, 5.41) is 1.56. The third-order valence-electron chi connectivity index (χ3n) is 3.46. The largest absolute Gasteiger partial charge is 0.434 e. The fourth-order valence-corrected chi connectivity index (χ4v) is 3.33. The highest BCUT2D eigenvalue weighted by Crippen LogP contribution is 2.30. The lowest BCUT2D eigenvalue weighted by Gasteiger charge is -2.34. The van der Waals surface area contributed by atoms with E-state index in [1.54, 1.807) is 12.4 Å². The number of piperazine rings is 1. The fourth-order valence-electron chi connectivity index (χ4n) is 2.28. The third-order valence-corrected chi connectivity index (χ3v) is 4.71. The molecule has 5 nitrogen and oxygen atoms in total. The van der Waals surface area contributed by atoms with Gasteiger partial charge in [-0.3, -0.25) is 4.90 Å². The molecule has 0 saturated carbocycles. The standard InChI is InChI=1S/C13H13BrF3N5S/c14-9-5-18-12(19-6-9)22-3-1-21(2-4-22)7-11-20-10(8-23-11)13(15,16)17/h5-6,8H,1-4,7H2. The molecular weight excluding hydrogens is 395 g/mol. The summed E-state index contributed by atoms with van der Waals surface area (Å²) in [5.41, 5.74) is -0.806. The highest BCUT2D eigenvalue weighted by molar-refractivity contribution is 9.10. The Morgan fingerprint density at radius 2 is 1.78 bits per heavy atom.